The smallest absolute Gasteiger partial charge is 0.239 e. The Hall–Kier alpha value is -0.650. The van der Waals surface area contributed by atoms with Gasteiger partial charge in [0.2, 0.25) is 5.91 Å². The SMILES string of the molecule is CNCCN(CCNC)C(=O)C(C)NC. The van der Waals surface area contributed by atoms with Crippen LogP contribution in [0.25, 0.3) is 0 Å². The lowest BCUT2D eigenvalue weighted by molar-refractivity contribution is -0.132. The Morgan fingerprint density at radius 1 is 1.13 bits per heavy atom. The summed E-state index contributed by atoms with van der Waals surface area (Å²) < 4.78 is 0. The van der Waals surface area contributed by atoms with Gasteiger partial charge in [0.1, 0.15) is 0 Å². The van der Waals surface area contributed by atoms with Crippen LogP contribution in [0.1, 0.15) is 6.92 Å². The molecule has 0 bridgehead atoms. The largest absolute Gasteiger partial charge is 0.339 e. The van der Waals surface area contributed by atoms with Gasteiger partial charge in [-0.25, -0.2) is 0 Å². The van der Waals surface area contributed by atoms with E-state index in [1.807, 2.05) is 25.9 Å². The van der Waals surface area contributed by atoms with Crippen LogP contribution >= 0.6 is 0 Å². The van der Waals surface area contributed by atoms with Gasteiger partial charge in [-0.1, -0.05) is 0 Å². The summed E-state index contributed by atoms with van der Waals surface area (Å²) in [5.74, 6) is 0.156. The Labute approximate surface area is 92.6 Å². The zero-order chi connectivity index (χ0) is 11.7. The molecule has 0 aliphatic heterocycles. The van der Waals surface area contributed by atoms with Crippen LogP contribution in [0.5, 0.6) is 0 Å². The Kier molecular flexibility index (Phi) is 8.27. The van der Waals surface area contributed by atoms with Gasteiger partial charge in [-0.3, -0.25) is 4.79 Å². The summed E-state index contributed by atoms with van der Waals surface area (Å²) in [5.41, 5.74) is 0. The molecule has 0 aromatic rings. The van der Waals surface area contributed by atoms with E-state index in [-0.39, 0.29) is 11.9 Å². The van der Waals surface area contributed by atoms with Gasteiger partial charge in [0.15, 0.2) is 0 Å². The Balaban J connectivity index is 4.13. The number of rotatable bonds is 8. The number of carbonyl (C=O) groups excluding carboxylic acids is 1. The van der Waals surface area contributed by atoms with E-state index in [9.17, 15) is 4.79 Å². The molecule has 0 aromatic heterocycles. The van der Waals surface area contributed by atoms with E-state index in [4.69, 9.17) is 0 Å². The van der Waals surface area contributed by atoms with Crippen LogP contribution in [0.4, 0.5) is 0 Å². The summed E-state index contributed by atoms with van der Waals surface area (Å²) in [5, 5.41) is 9.07. The molecule has 0 radical (unpaired) electrons. The number of nitrogens with one attached hydrogen (secondary N) is 3. The van der Waals surface area contributed by atoms with Gasteiger partial charge in [0.25, 0.3) is 0 Å². The highest BCUT2D eigenvalue weighted by atomic mass is 16.2. The molecule has 1 atom stereocenters. The monoisotopic (exact) mass is 216 g/mol. The summed E-state index contributed by atoms with van der Waals surface area (Å²) in [6, 6.07) is -0.112. The van der Waals surface area contributed by atoms with E-state index in [1.165, 1.54) is 0 Å². The van der Waals surface area contributed by atoms with Crippen LogP contribution in [-0.2, 0) is 4.79 Å². The van der Waals surface area contributed by atoms with Crippen LogP contribution < -0.4 is 16.0 Å². The maximum Gasteiger partial charge on any atom is 0.239 e. The van der Waals surface area contributed by atoms with Gasteiger partial charge in [-0.2, -0.15) is 0 Å². The number of carbonyl (C=O) groups is 1. The highest BCUT2D eigenvalue weighted by molar-refractivity contribution is 5.81. The van der Waals surface area contributed by atoms with E-state index >= 15 is 0 Å². The van der Waals surface area contributed by atoms with E-state index in [0.29, 0.717) is 0 Å². The first-order valence-corrected chi connectivity index (χ1v) is 5.42. The molecule has 0 fully saturated rings. The molecule has 15 heavy (non-hydrogen) atoms. The number of hydrogen-bond acceptors (Lipinski definition) is 4. The first-order chi connectivity index (χ1) is 7.17. The second-order valence-corrected chi connectivity index (χ2v) is 3.54. The topological polar surface area (TPSA) is 56.4 Å². The van der Waals surface area contributed by atoms with Crippen LogP contribution in [0.2, 0.25) is 0 Å². The number of hydrogen-bond donors (Lipinski definition) is 3. The second-order valence-electron chi connectivity index (χ2n) is 3.54. The highest BCUT2D eigenvalue weighted by Gasteiger charge is 2.17. The quantitative estimate of drug-likeness (QED) is 0.480. The third-order valence-corrected chi connectivity index (χ3v) is 2.38. The molecule has 0 heterocycles. The zero-order valence-electron chi connectivity index (χ0n) is 10.3. The van der Waals surface area contributed by atoms with E-state index < -0.39 is 0 Å². The average Bonchev–Trinajstić information content (AvgIpc) is 2.27. The molecule has 1 unspecified atom stereocenters. The van der Waals surface area contributed by atoms with Crippen molar-refractivity contribution in [2.24, 2.45) is 0 Å². The molecule has 5 heteroatoms. The number of likely N-dealkylation sites (N-methyl/N-ethyl adjacent to an activating group) is 3. The van der Waals surface area contributed by atoms with E-state index in [2.05, 4.69) is 16.0 Å². The molecule has 0 aromatic carbocycles. The van der Waals surface area contributed by atoms with Crippen molar-refractivity contribution in [3.05, 3.63) is 0 Å². The van der Waals surface area contributed by atoms with Gasteiger partial charge < -0.3 is 20.9 Å². The molecule has 3 N–H and O–H groups in total. The normalized spacial score (nSPS) is 12.5. The molecule has 0 aliphatic carbocycles. The van der Waals surface area contributed by atoms with Crippen molar-refractivity contribution in [2.45, 2.75) is 13.0 Å². The zero-order valence-corrected chi connectivity index (χ0v) is 10.3. The lowest BCUT2D eigenvalue weighted by atomic mass is 10.3. The molecule has 0 aliphatic rings. The lowest BCUT2D eigenvalue weighted by Crippen LogP contribution is -2.47. The number of nitrogens with zero attached hydrogens (tertiary/aromatic N) is 1. The second kappa shape index (κ2) is 8.64. The van der Waals surface area contributed by atoms with Crippen molar-refractivity contribution < 1.29 is 4.79 Å². The minimum atomic E-state index is -0.112. The number of amides is 1. The third kappa shape index (κ3) is 5.71. The minimum Gasteiger partial charge on any atom is -0.339 e. The fourth-order valence-electron chi connectivity index (χ4n) is 1.22. The Morgan fingerprint density at radius 2 is 1.60 bits per heavy atom. The summed E-state index contributed by atoms with van der Waals surface area (Å²) in [6.07, 6.45) is 0. The predicted molar refractivity (Wildman–Crippen MR) is 63.0 cm³/mol. The van der Waals surface area contributed by atoms with Crippen molar-refractivity contribution in [1.29, 1.82) is 0 Å². The molecular formula is C10H24N4O. The van der Waals surface area contributed by atoms with Crippen molar-refractivity contribution in [3.63, 3.8) is 0 Å². The van der Waals surface area contributed by atoms with Gasteiger partial charge in [0.05, 0.1) is 6.04 Å². The lowest BCUT2D eigenvalue weighted by Gasteiger charge is -2.25. The molecule has 0 rings (SSSR count). The maximum atomic E-state index is 11.9. The van der Waals surface area contributed by atoms with Crippen LogP contribution in [-0.4, -0.2) is 64.2 Å². The molecule has 0 saturated carbocycles. The summed E-state index contributed by atoms with van der Waals surface area (Å²) in [6.45, 7) is 5.04. The molecule has 1 amide bonds. The van der Waals surface area contributed by atoms with Crippen molar-refractivity contribution >= 4 is 5.91 Å². The standard InChI is InChI=1S/C10H24N4O/c1-9(13-4)10(15)14(7-5-11-2)8-6-12-3/h9,11-13H,5-8H2,1-4H3. The van der Waals surface area contributed by atoms with E-state index in [1.54, 1.807) is 7.05 Å². The highest BCUT2D eigenvalue weighted by Crippen LogP contribution is 1.93. The van der Waals surface area contributed by atoms with Crippen LogP contribution in [0, 0.1) is 0 Å². The first kappa shape index (κ1) is 14.3. The van der Waals surface area contributed by atoms with Crippen molar-refractivity contribution in [3.8, 4) is 0 Å². The Bertz CT molecular complexity index is 167. The molecular weight excluding hydrogens is 192 g/mol. The fourth-order valence-corrected chi connectivity index (χ4v) is 1.22. The average molecular weight is 216 g/mol. The van der Waals surface area contributed by atoms with Gasteiger partial charge >= 0.3 is 0 Å². The molecule has 0 spiro atoms. The third-order valence-electron chi connectivity index (χ3n) is 2.38. The summed E-state index contributed by atoms with van der Waals surface area (Å²) in [7, 11) is 5.58. The fraction of sp³-hybridized carbons (Fsp3) is 0.900. The molecule has 0 saturated heterocycles. The molecule has 5 nitrogen and oxygen atoms in total. The van der Waals surface area contributed by atoms with Crippen molar-refractivity contribution in [1.82, 2.24) is 20.9 Å². The molecule has 90 valence electrons. The van der Waals surface area contributed by atoms with Crippen LogP contribution in [0.3, 0.4) is 0 Å². The van der Waals surface area contributed by atoms with Gasteiger partial charge in [-0.05, 0) is 28.1 Å². The Morgan fingerprint density at radius 3 is 1.93 bits per heavy atom. The first-order valence-electron chi connectivity index (χ1n) is 5.42. The van der Waals surface area contributed by atoms with Crippen LogP contribution in [0.15, 0.2) is 0 Å². The van der Waals surface area contributed by atoms with Crippen molar-refractivity contribution in [2.75, 3.05) is 47.3 Å². The van der Waals surface area contributed by atoms with E-state index in [0.717, 1.165) is 26.2 Å². The predicted octanol–water partition coefficient (Wildman–Crippen LogP) is -1.14. The minimum absolute atomic E-state index is 0.112. The summed E-state index contributed by atoms with van der Waals surface area (Å²) in [4.78, 5) is 13.8. The van der Waals surface area contributed by atoms with Gasteiger partial charge in [0, 0.05) is 26.2 Å². The van der Waals surface area contributed by atoms with Gasteiger partial charge in [-0.15, -0.1) is 0 Å². The summed E-state index contributed by atoms with van der Waals surface area (Å²) >= 11 is 0. The maximum absolute atomic E-state index is 11.9.